The molecule has 0 saturated carbocycles. The Morgan fingerprint density at radius 2 is 0.500 bits per heavy atom. The summed E-state index contributed by atoms with van der Waals surface area (Å²) in [5, 5.41) is 0. The smallest absolute Gasteiger partial charge is 1.00 e. The Hall–Kier alpha value is 5.43. The molecule has 0 fully saturated rings. The van der Waals surface area contributed by atoms with Gasteiger partial charge < -0.3 is 95.9 Å². The molecule has 0 saturated heterocycles. The molecular formula is BaHgI4. The molecule has 0 aromatic rings. The van der Waals surface area contributed by atoms with Gasteiger partial charge in [-0.25, -0.2) is 0 Å². The SMILES string of the molecule is [Ba+2].[Hg+2].[I-].[I-].[I-].[I-]. The van der Waals surface area contributed by atoms with Crippen molar-refractivity contribution in [3.05, 3.63) is 0 Å². The third-order valence-electron chi connectivity index (χ3n) is 0. The summed E-state index contributed by atoms with van der Waals surface area (Å²) < 4.78 is 0. The predicted octanol–water partition coefficient (Wildman–Crippen LogP) is -12.4. The zero-order valence-corrected chi connectivity index (χ0v) is 21.5. The molecule has 0 bridgehead atoms. The topological polar surface area (TPSA) is 0 Å². The first-order valence-electron chi connectivity index (χ1n) is 0. The van der Waals surface area contributed by atoms with Crippen LogP contribution in [0.1, 0.15) is 0 Å². The van der Waals surface area contributed by atoms with Gasteiger partial charge >= 0.3 is 76.5 Å². The van der Waals surface area contributed by atoms with E-state index in [-0.39, 0.29) is 172 Å². The maximum atomic E-state index is 0. The van der Waals surface area contributed by atoms with E-state index in [1.807, 2.05) is 0 Å². The predicted molar refractivity (Wildman–Crippen MR) is 5.75 cm³/mol. The first kappa shape index (κ1) is 42.2. The third-order valence-corrected chi connectivity index (χ3v) is 0. The molecule has 0 aliphatic carbocycles. The summed E-state index contributed by atoms with van der Waals surface area (Å²) in [6, 6.07) is 0. The van der Waals surface area contributed by atoms with Gasteiger partial charge in [-0.2, -0.15) is 0 Å². The van der Waals surface area contributed by atoms with Crippen LogP contribution in [0, 0.1) is 0 Å². The average Bonchev–Trinajstić information content (AvgIpc) is 0. The minimum atomic E-state index is 0. The van der Waals surface area contributed by atoms with Crippen molar-refractivity contribution < 1.29 is 124 Å². The fourth-order valence-electron chi connectivity index (χ4n) is 0. The van der Waals surface area contributed by atoms with Crippen LogP contribution in [0.15, 0.2) is 0 Å². The van der Waals surface area contributed by atoms with E-state index in [4.69, 9.17) is 0 Å². The first-order chi connectivity index (χ1) is 0. The normalized spacial score (nSPS) is 0. The van der Waals surface area contributed by atoms with Crippen LogP contribution in [0.5, 0.6) is 0 Å². The van der Waals surface area contributed by atoms with E-state index >= 15 is 0 Å². The molecule has 0 aromatic carbocycles. The second kappa shape index (κ2) is 31.5. The van der Waals surface area contributed by atoms with E-state index in [2.05, 4.69) is 0 Å². The second-order valence-corrected chi connectivity index (χ2v) is 0. The van der Waals surface area contributed by atoms with Gasteiger partial charge in [0.1, 0.15) is 0 Å². The molecule has 0 radical (unpaired) electrons. The molecule has 6 heavy (non-hydrogen) atoms. The Kier molecular flexibility index (Phi) is 221. The summed E-state index contributed by atoms with van der Waals surface area (Å²) in [4.78, 5) is 0. The Bertz CT molecular complexity index is 7.51. The Balaban J connectivity index is 0. The fraction of sp³-hybridized carbons (Fsp3) is 0. The molecule has 0 heterocycles. The van der Waals surface area contributed by atoms with Gasteiger partial charge in [-0.1, -0.05) is 0 Å². The molecular weight excluding hydrogens is 846 g/mol. The van der Waals surface area contributed by atoms with Gasteiger partial charge in [0.2, 0.25) is 0 Å². The van der Waals surface area contributed by atoms with Gasteiger partial charge in [0.25, 0.3) is 0 Å². The van der Waals surface area contributed by atoms with Crippen molar-refractivity contribution >= 4 is 48.9 Å². The van der Waals surface area contributed by atoms with Gasteiger partial charge in [-0.05, 0) is 0 Å². The van der Waals surface area contributed by atoms with Crippen molar-refractivity contribution in [1.82, 2.24) is 0 Å². The zero-order chi connectivity index (χ0) is 0. The maximum Gasteiger partial charge on any atom is 2.00 e. The van der Waals surface area contributed by atoms with Crippen LogP contribution >= 0.6 is 0 Å². The number of hydrogen-bond donors (Lipinski definition) is 0. The summed E-state index contributed by atoms with van der Waals surface area (Å²) in [6.07, 6.45) is 0. The number of halogens is 4. The van der Waals surface area contributed by atoms with Crippen LogP contribution in [0.2, 0.25) is 0 Å². The largest absolute Gasteiger partial charge is 2.00 e. The van der Waals surface area contributed by atoms with Crippen LogP contribution in [-0.2, 0) is 27.7 Å². The van der Waals surface area contributed by atoms with Crippen molar-refractivity contribution in [3.63, 3.8) is 0 Å². The number of rotatable bonds is 0. The van der Waals surface area contributed by atoms with E-state index in [0.29, 0.717) is 0 Å². The molecule has 0 N–H and O–H groups in total. The van der Waals surface area contributed by atoms with Gasteiger partial charge in [-0.3, -0.25) is 0 Å². The molecule has 0 aliphatic heterocycles. The third kappa shape index (κ3) is 22.7. The van der Waals surface area contributed by atoms with E-state index in [1.165, 1.54) is 0 Å². The van der Waals surface area contributed by atoms with Crippen molar-refractivity contribution in [2.75, 3.05) is 0 Å². The zero-order valence-electron chi connectivity index (χ0n) is 2.93. The minimum absolute atomic E-state index is 0. The first-order valence-corrected chi connectivity index (χ1v) is 0. The summed E-state index contributed by atoms with van der Waals surface area (Å²) in [5.74, 6) is 0. The molecule has 0 nitrogen and oxygen atoms in total. The van der Waals surface area contributed by atoms with Crippen molar-refractivity contribution in [2.45, 2.75) is 0 Å². The van der Waals surface area contributed by atoms with E-state index in [9.17, 15) is 0 Å². The molecule has 0 rings (SSSR count). The summed E-state index contributed by atoms with van der Waals surface area (Å²) in [6.45, 7) is 0. The molecule has 0 atom stereocenters. The molecule has 0 amide bonds. The Morgan fingerprint density at radius 1 is 0.500 bits per heavy atom. The molecule has 0 unspecified atom stereocenters. The second-order valence-electron chi connectivity index (χ2n) is 0. The van der Waals surface area contributed by atoms with Crippen LogP contribution < -0.4 is 95.9 Å². The minimum Gasteiger partial charge on any atom is -1.00 e. The van der Waals surface area contributed by atoms with E-state index in [1.54, 1.807) is 0 Å². The van der Waals surface area contributed by atoms with Crippen molar-refractivity contribution in [3.8, 4) is 0 Å². The van der Waals surface area contributed by atoms with Crippen LogP contribution in [0.3, 0.4) is 0 Å². The summed E-state index contributed by atoms with van der Waals surface area (Å²) in [5.41, 5.74) is 0. The molecule has 6 heteroatoms. The monoisotopic (exact) mass is 847 g/mol. The Labute approximate surface area is 167 Å². The van der Waals surface area contributed by atoms with Crippen LogP contribution in [0.4, 0.5) is 0 Å². The summed E-state index contributed by atoms with van der Waals surface area (Å²) >= 11 is 0. The summed E-state index contributed by atoms with van der Waals surface area (Å²) in [7, 11) is 0. The van der Waals surface area contributed by atoms with Gasteiger partial charge in [0.15, 0.2) is 0 Å². The van der Waals surface area contributed by atoms with E-state index in [0.717, 1.165) is 0 Å². The maximum absolute atomic E-state index is 0. The average molecular weight is 846 g/mol. The van der Waals surface area contributed by atoms with Crippen LogP contribution in [0.25, 0.3) is 0 Å². The number of hydrogen-bond acceptors (Lipinski definition) is 0. The van der Waals surface area contributed by atoms with Gasteiger partial charge in [0, 0.05) is 0 Å². The molecule has 0 aliphatic rings. The standard InChI is InChI=1S/Ba.Hg.4HI/h;;4*1H/q2*+2;;;;/p-4. The Morgan fingerprint density at radius 3 is 0.500 bits per heavy atom. The quantitative estimate of drug-likeness (QED) is 0.168. The van der Waals surface area contributed by atoms with Gasteiger partial charge in [-0.15, -0.1) is 0 Å². The molecule has 0 spiro atoms. The molecule has 0 aromatic heterocycles. The van der Waals surface area contributed by atoms with Crippen LogP contribution in [-0.4, -0.2) is 48.9 Å². The molecule has 32 valence electrons. The fourth-order valence-corrected chi connectivity index (χ4v) is 0. The van der Waals surface area contributed by atoms with E-state index < -0.39 is 0 Å². The van der Waals surface area contributed by atoms with Crippen molar-refractivity contribution in [2.24, 2.45) is 0 Å². The van der Waals surface area contributed by atoms with Gasteiger partial charge in [0.05, 0.1) is 0 Å². The van der Waals surface area contributed by atoms with Crippen molar-refractivity contribution in [1.29, 1.82) is 0 Å².